The molecule has 0 saturated carbocycles. The van der Waals surface area contributed by atoms with Crippen molar-refractivity contribution < 1.29 is 4.74 Å². The Labute approximate surface area is 122 Å². The van der Waals surface area contributed by atoms with Gasteiger partial charge in [0.15, 0.2) is 0 Å². The predicted octanol–water partition coefficient (Wildman–Crippen LogP) is 4.40. The van der Waals surface area contributed by atoms with Gasteiger partial charge in [0, 0.05) is 21.4 Å². The third kappa shape index (κ3) is 4.37. The smallest absolute Gasteiger partial charge is 0.120 e. The van der Waals surface area contributed by atoms with Crippen LogP contribution in [0.2, 0.25) is 5.02 Å². The van der Waals surface area contributed by atoms with Crippen molar-refractivity contribution in [3.8, 4) is 5.75 Å². The molecule has 0 fully saturated rings. The fraction of sp³-hybridized carbons (Fsp3) is 0.200. The number of rotatable bonds is 5. The fourth-order valence-electron chi connectivity index (χ4n) is 1.61. The van der Waals surface area contributed by atoms with Crippen LogP contribution in [0.15, 0.2) is 47.4 Å². The van der Waals surface area contributed by atoms with E-state index in [9.17, 15) is 0 Å². The van der Waals surface area contributed by atoms with Gasteiger partial charge in [0.2, 0.25) is 0 Å². The van der Waals surface area contributed by atoms with Gasteiger partial charge in [0.1, 0.15) is 5.75 Å². The number of nitrogens with two attached hydrogens (primary N) is 1. The lowest BCUT2D eigenvalue weighted by Gasteiger charge is -2.07. The van der Waals surface area contributed by atoms with E-state index in [-0.39, 0.29) is 0 Å². The lowest BCUT2D eigenvalue weighted by Crippen LogP contribution is -2.00. The van der Waals surface area contributed by atoms with E-state index < -0.39 is 0 Å². The van der Waals surface area contributed by atoms with E-state index in [1.165, 1.54) is 4.90 Å². The van der Waals surface area contributed by atoms with Crippen LogP contribution in [0, 0.1) is 6.92 Å². The van der Waals surface area contributed by atoms with E-state index in [1.807, 2.05) is 43.3 Å². The highest BCUT2D eigenvalue weighted by atomic mass is 35.5. The van der Waals surface area contributed by atoms with Gasteiger partial charge in [-0.1, -0.05) is 17.7 Å². The summed E-state index contributed by atoms with van der Waals surface area (Å²) < 4.78 is 5.63. The van der Waals surface area contributed by atoms with Crippen LogP contribution in [0.3, 0.4) is 0 Å². The van der Waals surface area contributed by atoms with Crippen LogP contribution < -0.4 is 10.5 Å². The Morgan fingerprint density at radius 1 is 1.21 bits per heavy atom. The van der Waals surface area contributed by atoms with Crippen LogP contribution in [-0.2, 0) is 0 Å². The molecule has 100 valence electrons. The Balaban J connectivity index is 1.79. The van der Waals surface area contributed by atoms with Crippen molar-refractivity contribution in [1.29, 1.82) is 0 Å². The molecule has 2 N–H and O–H groups in total. The Morgan fingerprint density at radius 3 is 2.79 bits per heavy atom. The SMILES string of the molecule is Cc1cc(SCCOc2cccc(Cl)c2)ccc1N. The Morgan fingerprint density at radius 2 is 2.05 bits per heavy atom. The number of hydrogen-bond acceptors (Lipinski definition) is 3. The molecule has 2 rings (SSSR count). The third-order valence-electron chi connectivity index (χ3n) is 2.66. The minimum absolute atomic E-state index is 0.647. The van der Waals surface area contributed by atoms with Gasteiger partial charge in [-0.05, 0) is 48.9 Å². The highest BCUT2D eigenvalue weighted by molar-refractivity contribution is 7.99. The molecule has 0 aromatic heterocycles. The van der Waals surface area contributed by atoms with Crippen LogP contribution in [0.5, 0.6) is 5.75 Å². The second kappa shape index (κ2) is 6.73. The molecule has 0 saturated heterocycles. The van der Waals surface area contributed by atoms with Crippen LogP contribution in [-0.4, -0.2) is 12.4 Å². The minimum atomic E-state index is 0.647. The van der Waals surface area contributed by atoms with Crippen molar-refractivity contribution in [2.75, 3.05) is 18.1 Å². The number of halogens is 1. The molecular formula is C15H16ClNOS. The van der Waals surface area contributed by atoms with E-state index >= 15 is 0 Å². The summed E-state index contributed by atoms with van der Waals surface area (Å²) >= 11 is 7.64. The molecular weight excluding hydrogens is 278 g/mol. The summed E-state index contributed by atoms with van der Waals surface area (Å²) in [5.41, 5.74) is 7.73. The zero-order valence-corrected chi connectivity index (χ0v) is 12.3. The Bertz CT molecular complexity index is 560. The zero-order valence-electron chi connectivity index (χ0n) is 10.7. The quantitative estimate of drug-likeness (QED) is 0.504. The maximum atomic E-state index is 5.89. The number of hydrogen-bond donors (Lipinski definition) is 1. The molecule has 2 aromatic rings. The van der Waals surface area contributed by atoms with Gasteiger partial charge in [0.25, 0.3) is 0 Å². The number of anilines is 1. The molecule has 4 heteroatoms. The minimum Gasteiger partial charge on any atom is -0.493 e. The third-order valence-corrected chi connectivity index (χ3v) is 3.85. The molecule has 0 heterocycles. The summed E-state index contributed by atoms with van der Waals surface area (Å²) in [6.45, 7) is 2.66. The lowest BCUT2D eigenvalue weighted by atomic mass is 10.2. The average molecular weight is 294 g/mol. The topological polar surface area (TPSA) is 35.2 Å². The van der Waals surface area contributed by atoms with E-state index in [4.69, 9.17) is 22.1 Å². The Kier molecular flexibility index (Phi) is 5.00. The average Bonchev–Trinajstić information content (AvgIpc) is 2.39. The summed E-state index contributed by atoms with van der Waals surface area (Å²) in [4.78, 5) is 1.21. The molecule has 0 aliphatic heterocycles. The summed E-state index contributed by atoms with van der Waals surface area (Å²) in [5.74, 6) is 1.69. The predicted molar refractivity (Wildman–Crippen MR) is 83.3 cm³/mol. The molecule has 0 spiro atoms. The molecule has 0 unspecified atom stereocenters. The van der Waals surface area contributed by atoms with E-state index in [0.717, 1.165) is 22.8 Å². The largest absolute Gasteiger partial charge is 0.493 e. The zero-order chi connectivity index (χ0) is 13.7. The highest BCUT2D eigenvalue weighted by Gasteiger charge is 1.99. The number of thioether (sulfide) groups is 1. The second-order valence-corrected chi connectivity index (χ2v) is 5.78. The summed E-state index contributed by atoms with van der Waals surface area (Å²) in [5, 5.41) is 0.694. The van der Waals surface area contributed by atoms with Gasteiger partial charge in [-0.15, -0.1) is 11.8 Å². The summed E-state index contributed by atoms with van der Waals surface area (Å²) in [6.07, 6.45) is 0. The van der Waals surface area contributed by atoms with E-state index in [2.05, 4.69) is 6.07 Å². The van der Waals surface area contributed by atoms with E-state index in [0.29, 0.717) is 11.6 Å². The molecule has 19 heavy (non-hydrogen) atoms. The van der Waals surface area contributed by atoms with Gasteiger partial charge in [-0.25, -0.2) is 0 Å². The van der Waals surface area contributed by atoms with E-state index in [1.54, 1.807) is 11.8 Å². The first-order valence-corrected chi connectivity index (χ1v) is 7.39. The molecule has 0 atom stereocenters. The van der Waals surface area contributed by atoms with Crippen molar-refractivity contribution >= 4 is 29.1 Å². The first-order valence-electron chi connectivity index (χ1n) is 6.02. The van der Waals surface area contributed by atoms with Crippen molar-refractivity contribution in [2.24, 2.45) is 0 Å². The highest BCUT2D eigenvalue weighted by Crippen LogP contribution is 2.23. The second-order valence-electron chi connectivity index (χ2n) is 4.17. The van der Waals surface area contributed by atoms with Crippen molar-refractivity contribution in [3.63, 3.8) is 0 Å². The number of benzene rings is 2. The molecule has 0 aliphatic carbocycles. The maximum Gasteiger partial charge on any atom is 0.120 e. The van der Waals surface area contributed by atoms with Gasteiger partial charge >= 0.3 is 0 Å². The summed E-state index contributed by atoms with van der Waals surface area (Å²) in [7, 11) is 0. The van der Waals surface area contributed by atoms with Gasteiger partial charge in [0.05, 0.1) is 6.61 Å². The number of aryl methyl sites for hydroxylation is 1. The standard InChI is InChI=1S/C15H16ClNOS/c1-11-9-14(5-6-15(11)17)19-8-7-18-13-4-2-3-12(16)10-13/h2-6,9-10H,7-8,17H2,1H3. The molecule has 0 amide bonds. The first kappa shape index (κ1) is 14.1. The van der Waals surface area contributed by atoms with Crippen LogP contribution in [0.25, 0.3) is 0 Å². The van der Waals surface area contributed by atoms with Gasteiger partial charge in [-0.3, -0.25) is 0 Å². The van der Waals surface area contributed by atoms with Crippen LogP contribution in [0.4, 0.5) is 5.69 Å². The lowest BCUT2D eigenvalue weighted by molar-refractivity contribution is 0.344. The summed E-state index contributed by atoms with van der Waals surface area (Å²) in [6, 6.07) is 13.5. The molecule has 0 bridgehead atoms. The molecule has 0 aliphatic rings. The van der Waals surface area contributed by atoms with Gasteiger partial charge in [-0.2, -0.15) is 0 Å². The Hall–Kier alpha value is -1.32. The maximum absolute atomic E-state index is 5.89. The fourth-order valence-corrected chi connectivity index (χ4v) is 2.62. The number of nitrogen functional groups attached to an aromatic ring is 1. The molecule has 2 nitrogen and oxygen atoms in total. The van der Waals surface area contributed by atoms with Gasteiger partial charge < -0.3 is 10.5 Å². The monoisotopic (exact) mass is 293 g/mol. The van der Waals surface area contributed by atoms with Crippen molar-refractivity contribution in [3.05, 3.63) is 53.1 Å². The van der Waals surface area contributed by atoms with Crippen LogP contribution >= 0.6 is 23.4 Å². The van der Waals surface area contributed by atoms with Crippen LogP contribution in [0.1, 0.15) is 5.56 Å². The molecule has 0 radical (unpaired) electrons. The number of ether oxygens (including phenoxy) is 1. The molecule has 2 aromatic carbocycles. The van der Waals surface area contributed by atoms with Crippen molar-refractivity contribution in [2.45, 2.75) is 11.8 Å². The first-order chi connectivity index (χ1) is 9.15. The normalized spacial score (nSPS) is 10.4. The van der Waals surface area contributed by atoms with Crippen molar-refractivity contribution in [1.82, 2.24) is 0 Å².